The number of carbonyl (C=O) groups is 2. The van der Waals surface area contributed by atoms with Gasteiger partial charge in [0.25, 0.3) is 11.8 Å². The van der Waals surface area contributed by atoms with E-state index >= 15 is 0 Å². The summed E-state index contributed by atoms with van der Waals surface area (Å²) in [5.74, 6) is -1.17. The molecule has 0 aliphatic heterocycles. The van der Waals surface area contributed by atoms with Gasteiger partial charge in [-0.15, -0.1) is 0 Å². The maximum atomic E-state index is 13.4. The minimum absolute atomic E-state index is 0.0231. The van der Waals surface area contributed by atoms with Crippen molar-refractivity contribution in [1.82, 2.24) is 29.8 Å². The number of oxazole rings is 1. The molecule has 3 aromatic heterocycles. The molecule has 0 aliphatic carbocycles. The Morgan fingerprint density at radius 2 is 1.87 bits per heavy atom. The predicted molar refractivity (Wildman–Crippen MR) is 134 cm³/mol. The zero-order valence-corrected chi connectivity index (χ0v) is 20.5. The summed E-state index contributed by atoms with van der Waals surface area (Å²) in [4.78, 5) is 42.1. The molecular weight excluding hydrogens is 495 g/mol. The molecule has 3 heterocycles. The zero-order valence-electron chi connectivity index (χ0n) is 20.5. The second kappa shape index (κ2) is 10.2. The maximum Gasteiger partial charge on any atom is 0.419 e. The average molecular weight is 519 g/mol. The summed E-state index contributed by atoms with van der Waals surface area (Å²) >= 11 is 0. The summed E-state index contributed by atoms with van der Waals surface area (Å²) in [5, 5.41) is 9.68. The standard InChI is InChI=1S/C26H23FN6O5/c1-15(27)37-21-6-4-3-5-17(21)14-29-25(35)20-12-18(31-23-9-10-30-33(20)23)24(34)28-13-16-7-8-22-19(11-16)32(2)26(36)38-22/h3-12,15H,13-14H2,1-2H3,(H,28,34)(H,29,35). The van der Waals surface area contributed by atoms with E-state index < -0.39 is 23.9 Å². The van der Waals surface area contributed by atoms with Gasteiger partial charge in [-0.25, -0.2) is 18.7 Å². The SMILES string of the molecule is CC(F)Oc1ccccc1CNC(=O)c1cc(C(=O)NCc2ccc3oc(=O)n(C)c3c2)nc2ccnn12. The molecule has 194 valence electrons. The molecular formula is C26H23FN6O5. The third kappa shape index (κ3) is 4.96. The summed E-state index contributed by atoms with van der Waals surface area (Å²) in [6.07, 6.45) is -0.0397. The number of aryl methyl sites for hydroxylation is 1. The monoisotopic (exact) mass is 518 g/mol. The van der Waals surface area contributed by atoms with Gasteiger partial charge in [0.15, 0.2) is 11.2 Å². The Labute approximate surface area is 214 Å². The van der Waals surface area contributed by atoms with E-state index in [-0.39, 0.29) is 24.5 Å². The van der Waals surface area contributed by atoms with Crippen LogP contribution in [0.1, 0.15) is 39.0 Å². The number of amides is 2. The number of ether oxygens (including phenoxy) is 1. The molecule has 0 aliphatic rings. The van der Waals surface area contributed by atoms with Gasteiger partial charge in [-0.2, -0.15) is 5.10 Å². The second-order valence-corrected chi connectivity index (χ2v) is 8.49. The van der Waals surface area contributed by atoms with Gasteiger partial charge in [0.05, 0.1) is 11.7 Å². The third-order valence-corrected chi connectivity index (χ3v) is 5.83. The van der Waals surface area contributed by atoms with E-state index in [9.17, 15) is 18.8 Å². The Morgan fingerprint density at radius 3 is 2.68 bits per heavy atom. The molecule has 2 amide bonds. The van der Waals surface area contributed by atoms with E-state index in [1.807, 2.05) is 0 Å². The molecule has 2 aromatic carbocycles. The van der Waals surface area contributed by atoms with Gasteiger partial charge < -0.3 is 19.8 Å². The van der Waals surface area contributed by atoms with E-state index in [1.54, 1.807) is 55.6 Å². The highest BCUT2D eigenvalue weighted by molar-refractivity contribution is 5.98. The molecule has 12 heteroatoms. The third-order valence-electron chi connectivity index (χ3n) is 5.83. The normalized spacial score (nSPS) is 12.0. The molecule has 11 nitrogen and oxygen atoms in total. The molecule has 1 atom stereocenters. The number of fused-ring (bicyclic) bond motifs is 2. The van der Waals surface area contributed by atoms with E-state index in [2.05, 4.69) is 20.7 Å². The fraction of sp³-hybridized carbons (Fsp3) is 0.192. The second-order valence-electron chi connectivity index (χ2n) is 8.49. The topological polar surface area (TPSA) is 133 Å². The summed E-state index contributed by atoms with van der Waals surface area (Å²) in [6.45, 7) is 1.49. The fourth-order valence-electron chi connectivity index (χ4n) is 3.95. The maximum absolute atomic E-state index is 13.4. The van der Waals surface area contributed by atoms with Crippen LogP contribution in [-0.2, 0) is 20.1 Å². The highest BCUT2D eigenvalue weighted by atomic mass is 19.1. The Balaban J connectivity index is 1.33. The molecule has 0 fully saturated rings. The van der Waals surface area contributed by atoms with Crippen molar-refractivity contribution < 1.29 is 23.1 Å². The number of carbonyl (C=O) groups excluding carboxylic acids is 2. The molecule has 0 radical (unpaired) electrons. The van der Waals surface area contributed by atoms with Crippen molar-refractivity contribution in [3.63, 3.8) is 0 Å². The van der Waals surface area contributed by atoms with Crippen LogP contribution in [0.5, 0.6) is 5.75 Å². The van der Waals surface area contributed by atoms with Crippen LogP contribution in [0.2, 0.25) is 0 Å². The van der Waals surface area contributed by atoms with E-state index in [0.29, 0.717) is 28.1 Å². The quantitative estimate of drug-likeness (QED) is 0.323. The number of hydrogen-bond acceptors (Lipinski definition) is 7. The Kier molecular flexibility index (Phi) is 6.60. The lowest BCUT2D eigenvalue weighted by Crippen LogP contribution is -2.28. The molecule has 0 spiro atoms. The van der Waals surface area contributed by atoms with Crippen molar-refractivity contribution in [2.75, 3.05) is 0 Å². The van der Waals surface area contributed by atoms with Gasteiger partial charge in [0, 0.05) is 44.8 Å². The smallest absolute Gasteiger partial charge is 0.419 e. The summed E-state index contributed by atoms with van der Waals surface area (Å²) in [7, 11) is 1.60. The highest BCUT2D eigenvalue weighted by Gasteiger charge is 2.18. The van der Waals surface area contributed by atoms with Gasteiger partial charge in [-0.3, -0.25) is 14.2 Å². The number of aromatic nitrogens is 4. The number of nitrogens with one attached hydrogen (secondary N) is 2. The molecule has 1 unspecified atom stereocenters. The largest absolute Gasteiger partial charge is 0.460 e. The Hall–Kier alpha value is -5.00. The van der Waals surface area contributed by atoms with E-state index in [0.717, 1.165) is 5.56 Å². The summed E-state index contributed by atoms with van der Waals surface area (Å²) < 4.78 is 26.4. The van der Waals surface area contributed by atoms with Crippen LogP contribution >= 0.6 is 0 Å². The zero-order chi connectivity index (χ0) is 26.8. The van der Waals surface area contributed by atoms with Crippen LogP contribution in [0.3, 0.4) is 0 Å². The Bertz CT molecular complexity index is 1720. The number of nitrogens with zero attached hydrogens (tertiary/aromatic N) is 4. The number of hydrogen-bond donors (Lipinski definition) is 2. The van der Waals surface area contributed by atoms with E-state index in [1.165, 1.54) is 28.3 Å². The lowest BCUT2D eigenvalue weighted by atomic mass is 10.2. The van der Waals surface area contributed by atoms with Crippen LogP contribution in [0.4, 0.5) is 4.39 Å². The van der Waals surface area contributed by atoms with Crippen molar-refractivity contribution in [2.45, 2.75) is 26.4 Å². The molecule has 0 bridgehead atoms. The van der Waals surface area contributed by atoms with Gasteiger partial charge in [0.1, 0.15) is 17.1 Å². The molecule has 5 aromatic rings. The number of halogens is 1. The first kappa shape index (κ1) is 24.7. The van der Waals surface area contributed by atoms with Crippen LogP contribution in [0.25, 0.3) is 16.7 Å². The van der Waals surface area contributed by atoms with E-state index in [4.69, 9.17) is 9.15 Å². The van der Waals surface area contributed by atoms with Crippen molar-refractivity contribution >= 4 is 28.6 Å². The number of para-hydroxylation sites is 1. The van der Waals surface area contributed by atoms with Crippen molar-refractivity contribution in [2.24, 2.45) is 7.05 Å². The van der Waals surface area contributed by atoms with Crippen LogP contribution in [0.15, 0.2) is 70.0 Å². The molecule has 2 N–H and O–H groups in total. The van der Waals surface area contributed by atoms with Crippen LogP contribution in [0, 0.1) is 0 Å². The highest BCUT2D eigenvalue weighted by Crippen LogP contribution is 2.20. The van der Waals surface area contributed by atoms with Gasteiger partial charge in [0.2, 0.25) is 6.36 Å². The lowest BCUT2D eigenvalue weighted by Gasteiger charge is -2.13. The summed E-state index contributed by atoms with van der Waals surface area (Å²) in [6, 6.07) is 14.9. The Morgan fingerprint density at radius 1 is 1.08 bits per heavy atom. The first-order valence-corrected chi connectivity index (χ1v) is 11.7. The van der Waals surface area contributed by atoms with Crippen molar-refractivity contribution in [1.29, 1.82) is 0 Å². The molecule has 38 heavy (non-hydrogen) atoms. The number of alkyl halides is 1. The molecule has 0 saturated carbocycles. The molecule has 5 rings (SSSR count). The van der Waals surface area contributed by atoms with Crippen LogP contribution < -0.4 is 21.1 Å². The number of benzene rings is 2. The minimum atomic E-state index is -1.51. The molecule has 0 saturated heterocycles. The predicted octanol–water partition coefficient (Wildman–Crippen LogP) is 2.73. The van der Waals surface area contributed by atoms with Gasteiger partial charge in [-0.1, -0.05) is 24.3 Å². The first-order valence-electron chi connectivity index (χ1n) is 11.7. The summed E-state index contributed by atoms with van der Waals surface area (Å²) in [5.41, 5.74) is 2.81. The minimum Gasteiger partial charge on any atom is -0.460 e. The number of rotatable bonds is 8. The van der Waals surface area contributed by atoms with Crippen LogP contribution in [-0.4, -0.2) is 37.3 Å². The average Bonchev–Trinajstić information content (AvgIpc) is 3.49. The first-order chi connectivity index (χ1) is 18.3. The van der Waals surface area contributed by atoms with Crippen molar-refractivity contribution in [3.05, 3.63) is 93.9 Å². The van der Waals surface area contributed by atoms with Gasteiger partial charge in [-0.05, 0) is 23.8 Å². The fourth-order valence-corrected chi connectivity index (χ4v) is 3.95. The van der Waals surface area contributed by atoms with Crippen molar-refractivity contribution in [3.8, 4) is 5.75 Å². The lowest BCUT2D eigenvalue weighted by molar-refractivity contribution is 0.0845. The van der Waals surface area contributed by atoms with Gasteiger partial charge >= 0.3 is 5.76 Å².